The normalized spacial score (nSPS) is 23.6. The molecule has 2 saturated carbocycles. The third-order valence-electron chi connectivity index (χ3n) is 5.21. The molecular weight excluding hydrogens is 336 g/mol. The summed E-state index contributed by atoms with van der Waals surface area (Å²) in [7, 11) is -3.53. The van der Waals surface area contributed by atoms with Crippen molar-refractivity contribution >= 4 is 15.9 Å². The molecule has 0 saturated heterocycles. The first-order chi connectivity index (χ1) is 12.0. The van der Waals surface area contributed by atoms with E-state index in [0.29, 0.717) is 11.5 Å². The topological polar surface area (TPSA) is 75.3 Å². The Balaban J connectivity index is 1.67. The van der Waals surface area contributed by atoms with Crippen molar-refractivity contribution in [1.29, 1.82) is 0 Å². The van der Waals surface area contributed by atoms with Gasteiger partial charge in [-0.2, -0.15) is 0 Å². The molecule has 1 amide bonds. The van der Waals surface area contributed by atoms with E-state index in [-0.39, 0.29) is 22.9 Å². The van der Waals surface area contributed by atoms with Gasteiger partial charge in [-0.05, 0) is 56.2 Å². The molecule has 2 unspecified atom stereocenters. The molecule has 2 atom stereocenters. The molecule has 2 fully saturated rings. The number of nitrogens with one attached hydrogen (secondary N) is 2. The Hall–Kier alpha value is -1.40. The number of carbonyl (C=O) groups excluding carboxylic acids is 1. The summed E-state index contributed by atoms with van der Waals surface area (Å²) in [6, 6.07) is 6.61. The van der Waals surface area contributed by atoms with Gasteiger partial charge in [-0.1, -0.05) is 32.3 Å². The number of benzene rings is 1. The zero-order chi connectivity index (χ0) is 17.9. The summed E-state index contributed by atoms with van der Waals surface area (Å²) in [5.41, 5.74) is 0.416. The van der Waals surface area contributed by atoms with Crippen LogP contribution in [0.5, 0.6) is 0 Å². The van der Waals surface area contributed by atoms with E-state index >= 15 is 0 Å². The highest BCUT2D eigenvalue weighted by atomic mass is 32.2. The standard InChI is InChI=1S/C19H28N2O3S/c1-2-3-6-14-7-5-10-18(14)20-19(22)15-8-4-9-17(13-15)25(23,24)21-16-11-12-16/h4,8-9,13-14,16,18,21H,2-3,5-7,10-12H2,1H3,(H,20,22). The Labute approximate surface area is 150 Å². The first-order valence-electron chi connectivity index (χ1n) is 9.43. The van der Waals surface area contributed by atoms with Crippen LogP contribution in [0.4, 0.5) is 0 Å². The largest absolute Gasteiger partial charge is 0.349 e. The van der Waals surface area contributed by atoms with Gasteiger partial charge in [0.2, 0.25) is 10.0 Å². The fraction of sp³-hybridized carbons (Fsp3) is 0.632. The summed E-state index contributed by atoms with van der Waals surface area (Å²) >= 11 is 0. The molecule has 0 spiro atoms. The van der Waals surface area contributed by atoms with Crippen LogP contribution in [-0.4, -0.2) is 26.4 Å². The molecule has 0 aromatic heterocycles. The van der Waals surface area contributed by atoms with E-state index in [0.717, 1.165) is 32.1 Å². The van der Waals surface area contributed by atoms with Crippen LogP contribution in [0.25, 0.3) is 0 Å². The SMILES string of the molecule is CCCCC1CCCC1NC(=O)c1cccc(S(=O)(=O)NC2CC2)c1. The first kappa shape index (κ1) is 18.4. The van der Waals surface area contributed by atoms with Gasteiger partial charge in [0, 0.05) is 17.6 Å². The maximum absolute atomic E-state index is 12.6. The number of hydrogen-bond acceptors (Lipinski definition) is 3. The average Bonchev–Trinajstić information content (AvgIpc) is 3.29. The lowest BCUT2D eigenvalue weighted by molar-refractivity contribution is 0.0926. The van der Waals surface area contributed by atoms with E-state index in [1.54, 1.807) is 18.2 Å². The average molecular weight is 365 g/mol. The van der Waals surface area contributed by atoms with Gasteiger partial charge in [0.05, 0.1) is 4.90 Å². The minimum absolute atomic E-state index is 0.0558. The third-order valence-corrected chi connectivity index (χ3v) is 6.73. The zero-order valence-electron chi connectivity index (χ0n) is 14.8. The van der Waals surface area contributed by atoms with Crippen molar-refractivity contribution in [3.8, 4) is 0 Å². The molecule has 1 aromatic carbocycles. The lowest BCUT2D eigenvalue weighted by Crippen LogP contribution is -2.37. The van der Waals surface area contributed by atoms with Crippen molar-refractivity contribution in [3.05, 3.63) is 29.8 Å². The molecule has 3 rings (SSSR count). The molecule has 2 N–H and O–H groups in total. The molecule has 5 nitrogen and oxygen atoms in total. The second kappa shape index (κ2) is 7.87. The smallest absolute Gasteiger partial charge is 0.251 e. The Bertz CT molecular complexity index is 713. The molecule has 2 aliphatic rings. The quantitative estimate of drug-likeness (QED) is 0.744. The van der Waals surface area contributed by atoms with Crippen molar-refractivity contribution in [2.24, 2.45) is 5.92 Å². The molecular formula is C19H28N2O3S. The summed E-state index contributed by atoms with van der Waals surface area (Å²) in [6.07, 6.45) is 8.63. The van der Waals surface area contributed by atoms with Crippen molar-refractivity contribution in [3.63, 3.8) is 0 Å². The minimum atomic E-state index is -3.53. The molecule has 138 valence electrons. The predicted octanol–water partition coefficient (Wildman–Crippen LogP) is 3.22. The second-order valence-electron chi connectivity index (χ2n) is 7.34. The second-order valence-corrected chi connectivity index (χ2v) is 9.05. The van der Waals surface area contributed by atoms with Gasteiger partial charge in [-0.15, -0.1) is 0 Å². The van der Waals surface area contributed by atoms with Gasteiger partial charge in [-0.3, -0.25) is 4.79 Å². The van der Waals surface area contributed by atoms with Gasteiger partial charge in [-0.25, -0.2) is 13.1 Å². The van der Waals surface area contributed by atoms with Crippen LogP contribution in [0.3, 0.4) is 0 Å². The monoisotopic (exact) mass is 364 g/mol. The Morgan fingerprint density at radius 2 is 2.00 bits per heavy atom. The molecule has 0 radical (unpaired) electrons. The van der Waals surface area contributed by atoms with Gasteiger partial charge in [0.15, 0.2) is 0 Å². The molecule has 0 bridgehead atoms. The van der Waals surface area contributed by atoms with Gasteiger partial charge < -0.3 is 5.32 Å². The number of sulfonamides is 1. The van der Waals surface area contributed by atoms with Crippen LogP contribution in [0.1, 0.15) is 68.6 Å². The fourth-order valence-corrected chi connectivity index (χ4v) is 4.93. The van der Waals surface area contributed by atoms with Gasteiger partial charge >= 0.3 is 0 Å². The number of unbranched alkanes of at least 4 members (excludes halogenated alkanes) is 1. The minimum Gasteiger partial charge on any atom is -0.349 e. The van der Waals surface area contributed by atoms with Crippen molar-refractivity contribution in [1.82, 2.24) is 10.0 Å². The van der Waals surface area contributed by atoms with Crippen LogP contribution in [-0.2, 0) is 10.0 Å². The summed E-state index contributed by atoms with van der Waals surface area (Å²) in [4.78, 5) is 12.8. The van der Waals surface area contributed by atoms with E-state index in [9.17, 15) is 13.2 Å². The summed E-state index contributed by atoms with van der Waals surface area (Å²) in [5, 5.41) is 3.13. The predicted molar refractivity (Wildman–Crippen MR) is 97.9 cm³/mol. The molecule has 25 heavy (non-hydrogen) atoms. The van der Waals surface area contributed by atoms with Crippen LogP contribution in [0, 0.1) is 5.92 Å². The van der Waals surface area contributed by atoms with E-state index in [2.05, 4.69) is 17.0 Å². The number of carbonyl (C=O) groups is 1. The van der Waals surface area contributed by atoms with Gasteiger partial charge in [0.1, 0.15) is 0 Å². The molecule has 1 aromatic rings. The highest BCUT2D eigenvalue weighted by Gasteiger charge is 2.30. The summed E-state index contributed by atoms with van der Waals surface area (Å²) in [6.45, 7) is 2.18. The molecule has 2 aliphatic carbocycles. The number of rotatable bonds is 8. The Morgan fingerprint density at radius 3 is 2.72 bits per heavy atom. The molecule has 0 heterocycles. The van der Waals surface area contributed by atoms with Crippen LogP contribution >= 0.6 is 0 Å². The van der Waals surface area contributed by atoms with Crippen LogP contribution in [0.15, 0.2) is 29.2 Å². The van der Waals surface area contributed by atoms with E-state index in [1.807, 2.05) is 0 Å². The lowest BCUT2D eigenvalue weighted by Gasteiger charge is -2.21. The van der Waals surface area contributed by atoms with E-state index in [1.165, 1.54) is 25.3 Å². The molecule has 6 heteroatoms. The maximum Gasteiger partial charge on any atom is 0.251 e. The number of hydrogen-bond donors (Lipinski definition) is 2. The summed E-state index contributed by atoms with van der Waals surface area (Å²) < 4.78 is 27.3. The fourth-order valence-electron chi connectivity index (χ4n) is 3.58. The van der Waals surface area contributed by atoms with Crippen LogP contribution in [0.2, 0.25) is 0 Å². The van der Waals surface area contributed by atoms with E-state index in [4.69, 9.17) is 0 Å². The Kier molecular flexibility index (Phi) is 5.79. The van der Waals surface area contributed by atoms with Crippen molar-refractivity contribution in [2.75, 3.05) is 0 Å². The molecule has 0 aliphatic heterocycles. The first-order valence-corrected chi connectivity index (χ1v) is 10.9. The highest BCUT2D eigenvalue weighted by molar-refractivity contribution is 7.89. The van der Waals surface area contributed by atoms with Gasteiger partial charge in [0.25, 0.3) is 5.91 Å². The van der Waals surface area contributed by atoms with Crippen LogP contribution < -0.4 is 10.0 Å². The van der Waals surface area contributed by atoms with E-state index < -0.39 is 10.0 Å². The number of amides is 1. The van der Waals surface area contributed by atoms with Crippen molar-refractivity contribution in [2.45, 2.75) is 75.3 Å². The maximum atomic E-state index is 12.6. The highest BCUT2D eigenvalue weighted by Crippen LogP contribution is 2.30. The van der Waals surface area contributed by atoms with Crippen molar-refractivity contribution < 1.29 is 13.2 Å². The zero-order valence-corrected chi connectivity index (χ0v) is 15.6. The summed E-state index contributed by atoms with van der Waals surface area (Å²) in [5.74, 6) is 0.379. The lowest BCUT2D eigenvalue weighted by atomic mass is 9.96. The third kappa shape index (κ3) is 4.82. The Morgan fingerprint density at radius 1 is 1.20 bits per heavy atom.